The van der Waals surface area contributed by atoms with Gasteiger partial charge in [-0.05, 0) is 12.1 Å². The number of anilines is 1. The number of hydrogen-bond acceptors (Lipinski definition) is 5. The average Bonchev–Trinajstić information content (AvgIpc) is 2.66. The molecule has 2 aromatic heterocycles. The van der Waals surface area contributed by atoms with Crippen LogP contribution in [0.3, 0.4) is 0 Å². The van der Waals surface area contributed by atoms with Gasteiger partial charge < -0.3 is 10.5 Å². The van der Waals surface area contributed by atoms with Gasteiger partial charge in [-0.2, -0.15) is 5.10 Å². The summed E-state index contributed by atoms with van der Waals surface area (Å²) in [4.78, 5) is 15.8. The van der Waals surface area contributed by atoms with Crippen LogP contribution in [0.5, 0.6) is 0 Å². The molecule has 6 nitrogen and oxygen atoms in total. The van der Waals surface area contributed by atoms with Crippen LogP contribution in [0.25, 0.3) is 11.4 Å². The van der Waals surface area contributed by atoms with Crippen LogP contribution in [0, 0.1) is 0 Å². The molecule has 0 saturated carbocycles. The Bertz CT molecular complexity index is 548. The topological polar surface area (TPSA) is 83.0 Å². The second-order valence-electron chi connectivity index (χ2n) is 3.44. The Labute approximate surface area is 98.0 Å². The SMILES string of the molecule is COC(=O)c1c(-c2ccccn2)nn(C)c1N. The number of rotatable bonds is 2. The molecule has 0 aromatic carbocycles. The second-order valence-corrected chi connectivity index (χ2v) is 3.44. The Balaban J connectivity index is 2.62. The van der Waals surface area contributed by atoms with Crippen LogP contribution in [0.15, 0.2) is 24.4 Å². The molecule has 2 heterocycles. The van der Waals surface area contributed by atoms with Crippen molar-refractivity contribution in [3.63, 3.8) is 0 Å². The van der Waals surface area contributed by atoms with Gasteiger partial charge in [0.25, 0.3) is 0 Å². The molecule has 0 aliphatic heterocycles. The highest BCUT2D eigenvalue weighted by Gasteiger charge is 2.23. The van der Waals surface area contributed by atoms with Crippen molar-refractivity contribution in [1.29, 1.82) is 0 Å². The van der Waals surface area contributed by atoms with Crippen LogP contribution < -0.4 is 5.73 Å². The largest absolute Gasteiger partial charge is 0.465 e. The van der Waals surface area contributed by atoms with Crippen LogP contribution in [0.4, 0.5) is 5.82 Å². The number of nitrogens with two attached hydrogens (primary N) is 1. The zero-order chi connectivity index (χ0) is 12.4. The van der Waals surface area contributed by atoms with E-state index in [1.165, 1.54) is 11.8 Å². The molecule has 0 atom stereocenters. The van der Waals surface area contributed by atoms with Crippen molar-refractivity contribution in [3.8, 4) is 11.4 Å². The van der Waals surface area contributed by atoms with E-state index in [0.717, 1.165) is 0 Å². The lowest BCUT2D eigenvalue weighted by Crippen LogP contribution is -2.07. The second kappa shape index (κ2) is 4.25. The predicted octanol–water partition coefficient (Wildman–Crippen LogP) is 0.851. The van der Waals surface area contributed by atoms with Gasteiger partial charge in [-0.3, -0.25) is 9.67 Å². The molecule has 0 amide bonds. The maximum absolute atomic E-state index is 11.7. The number of methoxy groups -OCH3 is 1. The van der Waals surface area contributed by atoms with E-state index in [1.54, 1.807) is 25.4 Å². The molecule has 0 aliphatic carbocycles. The number of carbonyl (C=O) groups excluding carboxylic acids is 1. The summed E-state index contributed by atoms with van der Waals surface area (Å²) in [7, 11) is 2.96. The van der Waals surface area contributed by atoms with Crippen molar-refractivity contribution in [3.05, 3.63) is 30.0 Å². The monoisotopic (exact) mass is 232 g/mol. The molecule has 0 bridgehead atoms. The van der Waals surface area contributed by atoms with Gasteiger partial charge in [0.15, 0.2) is 0 Å². The van der Waals surface area contributed by atoms with E-state index in [2.05, 4.69) is 10.1 Å². The number of nitrogen functional groups attached to an aromatic ring is 1. The van der Waals surface area contributed by atoms with E-state index in [9.17, 15) is 4.79 Å². The highest BCUT2D eigenvalue weighted by atomic mass is 16.5. The first-order valence-electron chi connectivity index (χ1n) is 4.97. The maximum atomic E-state index is 11.7. The summed E-state index contributed by atoms with van der Waals surface area (Å²) >= 11 is 0. The van der Waals surface area contributed by atoms with Crippen molar-refractivity contribution in [1.82, 2.24) is 14.8 Å². The minimum atomic E-state index is -0.517. The van der Waals surface area contributed by atoms with Crippen molar-refractivity contribution >= 4 is 11.8 Å². The van der Waals surface area contributed by atoms with Crippen molar-refractivity contribution in [2.75, 3.05) is 12.8 Å². The smallest absolute Gasteiger partial charge is 0.343 e. The number of hydrogen-bond donors (Lipinski definition) is 1. The molecule has 6 heteroatoms. The fraction of sp³-hybridized carbons (Fsp3) is 0.182. The van der Waals surface area contributed by atoms with Crippen molar-refractivity contribution in [2.45, 2.75) is 0 Å². The third-order valence-corrected chi connectivity index (χ3v) is 2.39. The average molecular weight is 232 g/mol. The number of aromatic nitrogens is 3. The van der Waals surface area contributed by atoms with Gasteiger partial charge in [0.1, 0.15) is 17.1 Å². The zero-order valence-electron chi connectivity index (χ0n) is 9.54. The third kappa shape index (κ3) is 1.84. The van der Waals surface area contributed by atoms with Crippen LogP contribution in [0.2, 0.25) is 0 Å². The van der Waals surface area contributed by atoms with Gasteiger partial charge in [-0.15, -0.1) is 0 Å². The zero-order valence-corrected chi connectivity index (χ0v) is 9.54. The summed E-state index contributed by atoms with van der Waals surface area (Å²) in [5.74, 6) is -0.256. The highest BCUT2D eigenvalue weighted by molar-refractivity contribution is 6.00. The molecule has 2 N–H and O–H groups in total. The number of nitrogens with zero attached hydrogens (tertiary/aromatic N) is 3. The first-order valence-corrected chi connectivity index (χ1v) is 4.97. The van der Waals surface area contributed by atoms with Crippen molar-refractivity contribution in [2.24, 2.45) is 7.05 Å². The predicted molar refractivity (Wildman–Crippen MR) is 62.2 cm³/mol. The van der Waals surface area contributed by atoms with Gasteiger partial charge in [0.05, 0.1) is 12.8 Å². The van der Waals surface area contributed by atoms with Gasteiger partial charge >= 0.3 is 5.97 Å². The van der Waals surface area contributed by atoms with Crippen molar-refractivity contribution < 1.29 is 9.53 Å². The Morgan fingerprint density at radius 2 is 2.24 bits per heavy atom. The molecule has 2 rings (SSSR count). The molecule has 0 spiro atoms. The van der Waals surface area contributed by atoms with E-state index in [0.29, 0.717) is 11.4 Å². The fourth-order valence-electron chi connectivity index (χ4n) is 1.52. The molecule has 88 valence electrons. The molecule has 0 fully saturated rings. The van der Waals surface area contributed by atoms with E-state index < -0.39 is 5.97 Å². The standard InChI is InChI=1S/C11H12N4O2/c1-15-10(12)8(11(16)17-2)9(14-15)7-5-3-4-6-13-7/h3-6H,12H2,1-2H3. The van der Waals surface area contributed by atoms with Crippen LogP contribution in [-0.2, 0) is 11.8 Å². The molecule has 17 heavy (non-hydrogen) atoms. The van der Waals surface area contributed by atoms with Gasteiger partial charge in [0.2, 0.25) is 0 Å². The van der Waals surface area contributed by atoms with Crippen LogP contribution in [0.1, 0.15) is 10.4 Å². The minimum Gasteiger partial charge on any atom is -0.465 e. The van der Waals surface area contributed by atoms with Gasteiger partial charge in [-0.25, -0.2) is 4.79 Å². The molecule has 0 radical (unpaired) electrons. The van der Waals surface area contributed by atoms with E-state index in [1.807, 2.05) is 6.07 Å². The van der Waals surface area contributed by atoms with E-state index >= 15 is 0 Å². The minimum absolute atomic E-state index is 0.244. The summed E-state index contributed by atoms with van der Waals surface area (Å²) in [5.41, 5.74) is 7.04. The Hall–Kier alpha value is -2.37. The summed E-state index contributed by atoms with van der Waals surface area (Å²) in [5, 5.41) is 4.18. The molecule has 2 aromatic rings. The van der Waals surface area contributed by atoms with E-state index in [-0.39, 0.29) is 11.4 Å². The summed E-state index contributed by atoms with van der Waals surface area (Å²) < 4.78 is 6.12. The normalized spacial score (nSPS) is 10.2. The fourth-order valence-corrected chi connectivity index (χ4v) is 1.52. The Morgan fingerprint density at radius 3 is 2.82 bits per heavy atom. The maximum Gasteiger partial charge on any atom is 0.343 e. The molecular formula is C11H12N4O2. The lowest BCUT2D eigenvalue weighted by molar-refractivity contribution is 0.0602. The Kier molecular flexibility index (Phi) is 2.78. The highest BCUT2D eigenvalue weighted by Crippen LogP contribution is 2.25. The first-order chi connectivity index (χ1) is 8.15. The van der Waals surface area contributed by atoms with E-state index in [4.69, 9.17) is 10.5 Å². The molecule has 0 saturated heterocycles. The number of pyridine rings is 1. The first kappa shape index (κ1) is 11.1. The van der Waals surface area contributed by atoms with Gasteiger partial charge in [0, 0.05) is 13.2 Å². The molecular weight excluding hydrogens is 220 g/mol. The third-order valence-electron chi connectivity index (χ3n) is 2.39. The quantitative estimate of drug-likeness (QED) is 0.776. The Morgan fingerprint density at radius 1 is 1.47 bits per heavy atom. The number of esters is 1. The number of aryl methyl sites for hydroxylation is 1. The number of carbonyl (C=O) groups is 1. The molecule has 0 aliphatic rings. The lowest BCUT2D eigenvalue weighted by Gasteiger charge is -2.00. The summed E-state index contributed by atoms with van der Waals surface area (Å²) in [6, 6.07) is 5.36. The lowest BCUT2D eigenvalue weighted by atomic mass is 10.1. The van der Waals surface area contributed by atoms with Crippen LogP contribution in [-0.4, -0.2) is 27.8 Å². The summed E-state index contributed by atoms with van der Waals surface area (Å²) in [6.07, 6.45) is 1.63. The number of ether oxygens (including phenoxy) is 1. The molecule has 0 unspecified atom stereocenters. The van der Waals surface area contributed by atoms with Gasteiger partial charge in [-0.1, -0.05) is 6.07 Å². The summed E-state index contributed by atoms with van der Waals surface area (Å²) in [6.45, 7) is 0. The van der Waals surface area contributed by atoms with Crippen LogP contribution >= 0.6 is 0 Å².